The van der Waals surface area contributed by atoms with Crippen molar-refractivity contribution in [2.24, 2.45) is 5.92 Å². The number of nitrogens with one attached hydrogen (secondary N) is 1. The van der Waals surface area contributed by atoms with E-state index in [1.165, 1.54) is 0 Å². The van der Waals surface area contributed by atoms with Crippen LogP contribution in [-0.4, -0.2) is 10.9 Å². The summed E-state index contributed by atoms with van der Waals surface area (Å²) in [6.07, 6.45) is 0. The molecule has 4 heteroatoms. The fourth-order valence-corrected chi connectivity index (χ4v) is 2.23. The van der Waals surface area contributed by atoms with E-state index in [0.29, 0.717) is 5.89 Å². The van der Waals surface area contributed by atoms with E-state index in [1.54, 1.807) is 0 Å². The Morgan fingerprint density at radius 1 is 1.18 bits per heavy atom. The van der Waals surface area contributed by atoms with Gasteiger partial charge in [-0.05, 0) is 36.8 Å². The third-order valence-corrected chi connectivity index (χ3v) is 3.52. The van der Waals surface area contributed by atoms with E-state index in [4.69, 9.17) is 4.42 Å². The van der Waals surface area contributed by atoms with Crippen LogP contribution in [0.15, 0.2) is 46.9 Å². The molecule has 3 aromatic rings. The molecule has 22 heavy (non-hydrogen) atoms. The number of hydrogen-bond acceptors (Lipinski definition) is 3. The molecule has 4 nitrogen and oxygen atoms in total. The quantitative estimate of drug-likeness (QED) is 0.779. The molecule has 1 amide bonds. The molecule has 0 radical (unpaired) electrons. The van der Waals surface area contributed by atoms with Crippen LogP contribution in [0, 0.1) is 12.8 Å². The molecule has 0 aliphatic rings. The number of amides is 1. The van der Waals surface area contributed by atoms with Gasteiger partial charge < -0.3 is 9.73 Å². The van der Waals surface area contributed by atoms with Crippen LogP contribution in [0.1, 0.15) is 19.4 Å². The molecule has 2 aromatic carbocycles. The zero-order valence-electron chi connectivity index (χ0n) is 12.9. The Morgan fingerprint density at radius 2 is 1.95 bits per heavy atom. The van der Waals surface area contributed by atoms with Gasteiger partial charge in [0.15, 0.2) is 5.58 Å². The summed E-state index contributed by atoms with van der Waals surface area (Å²) in [6.45, 7) is 5.74. The van der Waals surface area contributed by atoms with Crippen molar-refractivity contribution in [1.82, 2.24) is 4.98 Å². The highest BCUT2D eigenvalue weighted by Gasteiger charge is 2.11. The first kappa shape index (κ1) is 14.3. The van der Waals surface area contributed by atoms with Gasteiger partial charge in [0.25, 0.3) is 0 Å². The summed E-state index contributed by atoms with van der Waals surface area (Å²) < 4.78 is 5.82. The number of carbonyl (C=O) groups is 1. The molecule has 0 unspecified atom stereocenters. The summed E-state index contributed by atoms with van der Waals surface area (Å²) in [5, 5.41) is 2.89. The molecule has 0 fully saturated rings. The lowest BCUT2D eigenvalue weighted by Crippen LogP contribution is -2.17. The van der Waals surface area contributed by atoms with Gasteiger partial charge >= 0.3 is 0 Å². The van der Waals surface area contributed by atoms with Crippen molar-refractivity contribution in [3.05, 3.63) is 48.0 Å². The Labute approximate surface area is 129 Å². The molecule has 1 heterocycles. The minimum atomic E-state index is -0.0596. The third kappa shape index (κ3) is 2.72. The van der Waals surface area contributed by atoms with Crippen LogP contribution in [0.25, 0.3) is 22.6 Å². The molecule has 112 valence electrons. The fraction of sp³-hybridized carbons (Fsp3) is 0.222. The van der Waals surface area contributed by atoms with E-state index in [-0.39, 0.29) is 11.8 Å². The average Bonchev–Trinajstić information content (AvgIpc) is 2.93. The molecule has 0 saturated carbocycles. The Hall–Kier alpha value is -2.62. The fourth-order valence-electron chi connectivity index (χ4n) is 2.23. The second-order valence-electron chi connectivity index (χ2n) is 5.67. The molecular weight excluding hydrogens is 276 g/mol. The van der Waals surface area contributed by atoms with Gasteiger partial charge in [-0.2, -0.15) is 0 Å². The molecular formula is C18H18N2O2. The van der Waals surface area contributed by atoms with Crippen LogP contribution in [-0.2, 0) is 4.79 Å². The summed E-state index contributed by atoms with van der Waals surface area (Å²) in [6, 6.07) is 13.4. The van der Waals surface area contributed by atoms with Crippen molar-refractivity contribution in [2.45, 2.75) is 20.8 Å². The van der Waals surface area contributed by atoms with E-state index < -0.39 is 0 Å². The summed E-state index contributed by atoms with van der Waals surface area (Å²) in [5.74, 6) is 0.492. The van der Waals surface area contributed by atoms with Crippen molar-refractivity contribution in [3.63, 3.8) is 0 Å². The number of oxazole rings is 1. The predicted octanol–water partition coefficient (Wildman–Crippen LogP) is 4.40. The maximum absolute atomic E-state index is 11.8. The van der Waals surface area contributed by atoms with Crippen molar-refractivity contribution < 1.29 is 9.21 Å². The lowest BCUT2D eigenvalue weighted by atomic mass is 10.1. The first-order valence-corrected chi connectivity index (χ1v) is 7.32. The minimum absolute atomic E-state index is 0.00874. The molecule has 0 aliphatic carbocycles. The first-order valence-electron chi connectivity index (χ1n) is 7.32. The minimum Gasteiger partial charge on any atom is -0.436 e. The Balaban J connectivity index is 1.97. The number of anilines is 1. The van der Waals surface area contributed by atoms with Crippen LogP contribution in [0.4, 0.5) is 5.69 Å². The monoisotopic (exact) mass is 294 g/mol. The van der Waals surface area contributed by atoms with Crippen molar-refractivity contribution in [3.8, 4) is 11.5 Å². The zero-order valence-corrected chi connectivity index (χ0v) is 12.9. The number of fused-ring (bicyclic) bond motifs is 1. The standard InChI is InChI=1S/C18H18N2O2/c1-11(2)17(21)19-14-8-5-7-13(10-14)18-20-16-12(3)6-4-9-15(16)22-18/h4-11H,1-3H3,(H,19,21). The smallest absolute Gasteiger partial charge is 0.227 e. The van der Waals surface area contributed by atoms with Gasteiger partial charge in [-0.15, -0.1) is 0 Å². The number of carbonyl (C=O) groups excluding carboxylic acids is 1. The van der Waals surface area contributed by atoms with Crippen LogP contribution in [0.2, 0.25) is 0 Å². The van der Waals surface area contributed by atoms with Gasteiger partial charge in [-0.1, -0.05) is 32.0 Å². The van der Waals surface area contributed by atoms with Crippen molar-refractivity contribution in [2.75, 3.05) is 5.32 Å². The van der Waals surface area contributed by atoms with Crippen molar-refractivity contribution >= 4 is 22.7 Å². The molecule has 0 aliphatic heterocycles. The third-order valence-electron chi connectivity index (χ3n) is 3.52. The lowest BCUT2D eigenvalue weighted by molar-refractivity contribution is -0.118. The molecule has 0 bridgehead atoms. The average molecular weight is 294 g/mol. The van der Waals surface area contributed by atoms with Crippen LogP contribution < -0.4 is 5.32 Å². The van der Waals surface area contributed by atoms with Gasteiger partial charge in [0.2, 0.25) is 11.8 Å². The number of aryl methyl sites for hydroxylation is 1. The normalized spacial score (nSPS) is 11.1. The van der Waals surface area contributed by atoms with Crippen molar-refractivity contribution in [1.29, 1.82) is 0 Å². The highest BCUT2D eigenvalue weighted by Crippen LogP contribution is 2.27. The number of para-hydroxylation sites is 1. The van der Waals surface area contributed by atoms with Crippen LogP contribution in [0.3, 0.4) is 0 Å². The van der Waals surface area contributed by atoms with Crippen LogP contribution in [0.5, 0.6) is 0 Å². The second kappa shape index (κ2) is 5.64. The molecule has 0 spiro atoms. The SMILES string of the molecule is Cc1cccc2oc(-c3cccc(NC(=O)C(C)C)c3)nc12. The predicted molar refractivity (Wildman–Crippen MR) is 87.6 cm³/mol. The largest absolute Gasteiger partial charge is 0.436 e. The molecule has 1 aromatic heterocycles. The van der Waals surface area contributed by atoms with Gasteiger partial charge in [-0.25, -0.2) is 4.98 Å². The second-order valence-corrected chi connectivity index (χ2v) is 5.67. The summed E-state index contributed by atoms with van der Waals surface area (Å²) in [4.78, 5) is 16.4. The summed E-state index contributed by atoms with van der Waals surface area (Å²) in [7, 11) is 0. The maximum atomic E-state index is 11.8. The number of benzene rings is 2. The zero-order chi connectivity index (χ0) is 15.7. The van der Waals surface area contributed by atoms with E-state index in [2.05, 4.69) is 10.3 Å². The van der Waals surface area contributed by atoms with Gasteiger partial charge in [0.05, 0.1) is 0 Å². The lowest BCUT2D eigenvalue weighted by Gasteiger charge is -2.08. The molecule has 1 N–H and O–H groups in total. The number of rotatable bonds is 3. The highest BCUT2D eigenvalue weighted by atomic mass is 16.3. The van der Waals surface area contributed by atoms with Gasteiger partial charge in [0, 0.05) is 17.2 Å². The molecule has 0 saturated heterocycles. The van der Waals surface area contributed by atoms with Crippen LogP contribution >= 0.6 is 0 Å². The number of aromatic nitrogens is 1. The summed E-state index contributed by atoms with van der Waals surface area (Å²) >= 11 is 0. The summed E-state index contributed by atoms with van der Waals surface area (Å²) in [5.41, 5.74) is 4.31. The number of nitrogens with zero attached hydrogens (tertiary/aromatic N) is 1. The Kier molecular flexibility index (Phi) is 3.67. The van der Waals surface area contributed by atoms with E-state index in [1.807, 2.05) is 63.2 Å². The molecule has 3 rings (SSSR count). The van der Waals surface area contributed by atoms with E-state index in [0.717, 1.165) is 27.9 Å². The number of hydrogen-bond donors (Lipinski definition) is 1. The van der Waals surface area contributed by atoms with Gasteiger partial charge in [0.1, 0.15) is 5.52 Å². The first-order chi connectivity index (χ1) is 10.5. The Morgan fingerprint density at radius 3 is 2.68 bits per heavy atom. The topological polar surface area (TPSA) is 55.1 Å². The molecule has 0 atom stereocenters. The van der Waals surface area contributed by atoms with Gasteiger partial charge in [-0.3, -0.25) is 4.79 Å². The Bertz CT molecular complexity index is 834. The maximum Gasteiger partial charge on any atom is 0.227 e. The van der Waals surface area contributed by atoms with E-state index >= 15 is 0 Å². The highest BCUT2D eigenvalue weighted by molar-refractivity contribution is 5.92. The van der Waals surface area contributed by atoms with E-state index in [9.17, 15) is 4.79 Å².